The largest absolute Gasteiger partial charge is 0.290 e. The van der Waals surface area contributed by atoms with Gasteiger partial charge < -0.3 is 0 Å². The zero-order chi connectivity index (χ0) is 17.7. The predicted molar refractivity (Wildman–Crippen MR) is 105 cm³/mol. The molecule has 0 radical (unpaired) electrons. The lowest BCUT2D eigenvalue weighted by Crippen LogP contribution is -2.07. The van der Waals surface area contributed by atoms with E-state index in [2.05, 4.69) is 30.3 Å². The summed E-state index contributed by atoms with van der Waals surface area (Å²) in [5.41, 5.74) is 4.25. The molecule has 2 aliphatic rings. The molecule has 26 heavy (non-hydrogen) atoms. The van der Waals surface area contributed by atoms with Gasteiger partial charge in [-0.2, -0.15) is 0 Å². The molecular weight excluding hydrogens is 320 g/mol. The van der Waals surface area contributed by atoms with Crippen LogP contribution in [0.25, 0.3) is 27.1 Å². The zero-order valence-corrected chi connectivity index (χ0v) is 14.4. The Morgan fingerprint density at radius 2 is 1.46 bits per heavy atom. The summed E-state index contributed by atoms with van der Waals surface area (Å²) >= 11 is 0. The van der Waals surface area contributed by atoms with Crippen LogP contribution in [-0.2, 0) is 22.4 Å². The van der Waals surface area contributed by atoms with Crippen LogP contribution in [-0.4, -0.2) is 11.6 Å². The van der Waals surface area contributed by atoms with E-state index in [1.54, 1.807) is 0 Å². The van der Waals surface area contributed by atoms with Gasteiger partial charge in [-0.25, -0.2) is 0 Å². The van der Waals surface area contributed by atoms with Crippen LogP contribution in [0, 0.1) is 0 Å². The number of benzene rings is 3. The lowest BCUT2D eigenvalue weighted by atomic mass is 9.87. The summed E-state index contributed by atoms with van der Waals surface area (Å²) < 4.78 is 0. The summed E-state index contributed by atoms with van der Waals surface area (Å²) in [6, 6.07) is 15.0. The molecule has 2 aliphatic carbocycles. The van der Waals surface area contributed by atoms with Crippen molar-refractivity contribution in [2.24, 2.45) is 0 Å². The maximum Gasteiger partial charge on any atom is 0.186 e. The molecule has 0 bridgehead atoms. The SMILES string of the molecule is O=C1C=CC(=O)C(c2cccc3cc4cc5c(cc4cc23)CCCC5)=C1. The number of hydrogen-bond acceptors (Lipinski definition) is 2. The molecule has 0 amide bonds. The van der Waals surface area contributed by atoms with Gasteiger partial charge in [0, 0.05) is 5.57 Å². The van der Waals surface area contributed by atoms with Crippen LogP contribution in [0.3, 0.4) is 0 Å². The highest BCUT2D eigenvalue weighted by molar-refractivity contribution is 6.35. The lowest BCUT2D eigenvalue weighted by molar-refractivity contribution is -0.113. The Hall–Kier alpha value is -3.00. The van der Waals surface area contributed by atoms with Crippen molar-refractivity contribution < 1.29 is 9.59 Å². The standard InChI is InChI=1S/C24H18O2/c25-20-8-9-24(26)23(14-20)21-7-3-6-17-12-18-10-15-4-1-2-5-16(15)11-19(18)13-22(17)21/h3,6-14H,1-2,4-5H2. The van der Waals surface area contributed by atoms with Gasteiger partial charge in [-0.05, 0) is 94.3 Å². The van der Waals surface area contributed by atoms with Crippen LogP contribution >= 0.6 is 0 Å². The molecule has 0 aromatic heterocycles. The first-order valence-corrected chi connectivity index (χ1v) is 9.16. The van der Waals surface area contributed by atoms with Gasteiger partial charge in [-0.3, -0.25) is 9.59 Å². The quantitative estimate of drug-likeness (QED) is 0.464. The minimum absolute atomic E-state index is 0.109. The molecular formula is C24H18O2. The Labute approximate surface area is 151 Å². The van der Waals surface area contributed by atoms with Gasteiger partial charge in [0.15, 0.2) is 11.6 Å². The summed E-state index contributed by atoms with van der Waals surface area (Å²) in [6.07, 6.45) is 9.00. The molecule has 3 aromatic carbocycles. The van der Waals surface area contributed by atoms with Gasteiger partial charge in [-0.15, -0.1) is 0 Å². The Bertz CT molecular complexity index is 1160. The number of ketones is 2. The first-order chi connectivity index (χ1) is 12.7. The minimum Gasteiger partial charge on any atom is -0.290 e. The highest BCUT2D eigenvalue weighted by Crippen LogP contribution is 2.33. The van der Waals surface area contributed by atoms with Crippen molar-refractivity contribution in [1.29, 1.82) is 0 Å². The Balaban J connectivity index is 1.77. The number of carbonyl (C=O) groups is 2. The topological polar surface area (TPSA) is 34.1 Å². The normalized spacial score (nSPS) is 16.8. The van der Waals surface area contributed by atoms with Gasteiger partial charge in [0.1, 0.15) is 0 Å². The molecule has 126 valence electrons. The lowest BCUT2D eigenvalue weighted by Gasteiger charge is -2.17. The second-order valence-electron chi connectivity index (χ2n) is 7.21. The smallest absolute Gasteiger partial charge is 0.186 e. The van der Waals surface area contributed by atoms with Crippen molar-refractivity contribution in [3.05, 3.63) is 77.4 Å². The van der Waals surface area contributed by atoms with Gasteiger partial charge in [-0.1, -0.05) is 30.3 Å². The van der Waals surface area contributed by atoms with Gasteiger partial charge in [0.2, 0.25) is 0 Å². The fraction of sp³-hybridized carbons (Fsp3) is 0.167. The van der Waals surface area contributed by atoms with E-state index in [1.165, 1.54) is 59.4 Å². The number of aryl methyl sites for hydroxylation is 2. The third kappa shape index (κ3) is 2.41. The summed E-state index contributed by atoms with van der Waals surface area (Å²) in [4.78, 5) is 24.1. The van der Waals surface area contributed by atoms with Crippen LogP contribution in [0.4, 0.5) is 0 Å². The second-order valence-corrected chi connectivity index (χ2v) is 7.21. The summed E-state index contributed by atoms with van der Waals surface area (Å²) in [7, 11) is 0. The fourth-order valence-corrected chi connectivity index (χ4v) is 4.22. The maximum atomic E-state index is 12.3. The van der Waals surface area contributed by atoms with Crippen molar-refractivity contribution in [1.82, 2.24) is 0 Å². The molecule has 5 rings (SSSR count). The van der Waals surface area contributed by atoms with E-state index in [0.29, 0.717) is 5.57 Å². The maximum absolute atomic E-state index is 12.3. The molecule has 3 aromatic rings. The third-order valence-corrected chi connectivity index (χ3v) is 5.54. The Morgan fingerprint density at radius 3 is 2.23 bits per heavy atom. The third-order valence-electron chi connectivity index (χ3n) is 5.54. The first-order valence-electron chi connectivity index (χ1n) is 9.16. The predicted octanol–water partition coefficient (Wildman–Crippen LogP) is 4.96. The van der Waals surface area contributed by atoms with Gasteiger partial charge >= 0.3 is 0 Å². The highest BCUT2D eigenvalue weighted by atomic mass is 16.1. The van der Waals surface area contributed by atoms with Crippen molar-refractivity contribution in [3.63, 3.8) is 0 Å². The van der Waals surface area contributed by atoms with E-state index in [4.69, 9.17) is 0 Å². The number of fused-ring (bicyclic) bond motifs is 3. The fourth-order valence-electron chi connectivity index (χ4n) is 4.22. The van der Waals surface area contributed by atoms with Crippen molar-refractivity contribution >= 4 is 38.7 Å². The van der Waals surface area contributed by atoms with E-state index in [9.17, 15) is 9.59 Å². The monoisotopic (exact) mass is 338 g/mol. The van der Waals surface area contributed by atoms with Crippen LogP contribution in [0.5, 0.6) is 0 Å². The van der Waals surface area contributed by atoms with Crippen LogP contribution in [0.1, 0.15) is 29.5 Å². The first kappa shape index (κ1) is 15.3. The zero-order valence-electron chi connectivity index (χ0n) is 14.4. The van der Waals surface area contributed by atoms with Crippen molar-refractivity contribution in [2.75, 3.05) is 0 Å². The Morgan fingerprint density at radius 1 is 0.731 bits per heavy atom. The van der Waals surface area contributed by atoms with Crippen LogP contribution in [0.2, 0.25) is 0 Å². The molecule has 0 unspecified atom stereocenters. The summed E-state index contributed by atoms with van der Waals surface area (Å²) in [5, 5.41) is 4.58. The minimum atomic E-state index is -0.133. The number of rotatable bonds is 1. The van der Waals surface area contributed by atoms with E-state index >= 15 is 0 Å². The number of hydrogen-bond donors (Lipinski definition) is 0. The average Bonchev–Trinajstić information content (AvgIpc) is 2.66. The van der Waals surface area contributed by atoms with E-state index in [0.717, 1.165) is 22.8 Å². The second kappa shape index (κ2) is 5.77. The molecule has 2 nitrogen and oxygen atoms in total. The molecule has 2 heteroatoms. The molecule has 0 saturated heterocycles. The molecule has 0 saturated carbocycles. The Kier molecular flexibility index (Phi) is 3.39. The van der Waals surface area contributed by atoms with Crippen LogP contribution < -0.4 is 0 Å². The molecule has 0 aliphatic heterocycles. The molecule has 0 spiro atoms. The number of carbonyl (C=O) groups excluding carboxylic acids is 2. The van der Waals surface area contributed by atoms with E-state index in [1.807, 2.05) is 12.1 Å². The van der Waals surface area contributed by atoms with Gasteiger partial charge in [0.25, 0.3) is 0 Å². The van der Waals surface area contributed by atoms with Crippen molar-refractivity contribution in [3.8, 4) is 0 Å². The molecule has 0 N–H and O–H groups in total. The molecule has 0 atom stereocenters. The summed E-state index contributed by atoms with van der Waals surface area (Å²) in [6.45, 7) is 0. The highest BCUT2D eigenvalue weighted by Gasteiger charge is 2.18. The van der Waals surface area contributed by atoms with E-state index in [-0.39, 0.29) is 11.6 Å². The van der Waals surface area contributed by atoms with Gasteiger partial charge in [0.05, 0.1) is 0 Å². The number of allylic oxidation sites excluding steroid dienone is 4. The molecule has 0 fully saturated rings. The van der Waals surface area contributed by atoms with Crippen molar-refractivity contribution in [2.45, 2.75) is 25.7 Å². The molecule has 0 heterocycles. The van der Waals surface area contributed by atoms with Crippen LogP contribution in [0.15, 0.2) is 60.7 Å². The van der Waals surface area contributed by atoms with E-state index < -0.39 is 0 Å². The average molecular weight is 338 g/mol. The summed E-state index contributed by atoms with van der Waals surface area (Å²) in [5.74, 6) is -0.242.